The standard InChI is InChI=1S/C15H11BrN2O2/c1-18(12-4-2-3-10(7-12)9-17)14-8-11(16)5-6-13(14)15(19)20/h2-8H,1H3,(H,19,20). The maximum Gasteiger partial charge on any atom is 0.337 e. The van der Waals surface area contributed by atoms with E-state index in [0.717, 1.165) is 10.2 Å². The molecule has 20 heavy (non-hydrogen) atoms. The van der Waals surface area contributed by atoms with Crippen molar-refractivity contribution in [2.24, 2.45) is 0 Å². The molecule has 2 rings (SSSR count). The van der Waals surface area contributed by atoms with E-state index in [1.165, 1.54) is 0 Å². The number of nitriles is 1. The van der Waals surface area contributed by atoms with Gasteiger partial charge in [-0.1, -0.05) is 22.0 Å². The second kappa shape index (κ2) is 5.76. The van der Waals surface area contributed by atoms with Crippen LogP contribution in [-0.2, 0) is 0 Å². The van der Waals surface area contributed by atoms with Gasteiger partial charge in [0, 0.05) is 17.2 Å². The molecule has 0 radical (unpaired) electrons. The Kier molecular flexibility index (Phi) is 4.06. The molecule has 0 aliphatic rings. The number of nitrogens with zero attached hydrogens (tertiary/aromatic N) is 2. The lowest BCUT2D eigenvalue weighted by molar-refractivity contribution is 0.0697. The second-order valence-corrected chi connectivity index (χ2v) is 5.10. The van der Waals surface area contributed by atoms with Gasteiger partial charge in [0.05, 0.1) is 22.9 Å². The Morgan fingerprint density at radius 1 is 1.30 bits per heavy atom. The molecular formula is C15H11BrN2O2. The van der Waals surface area contributed by atoms with E-state index in [2.05, 4.69) is 22.0 Å². The SMILES string of the molecule is CN(c1cccc(C#N)c1)c1cc(Br)ccc1C(=O)O. The normalized spacial score (nSPS) is 9.85. The molecular weight excluding hydrogens is 320 g/mol. The van der Waals surface area contributed by atoms with Crippen molar-refractivity contribution in [3.8, 4) is 6.07 Å². The number of hydrogen-bond donors (Lipinski definition) is 1. The van der Waals surface area contributed by atoms with Gasteiger partial charge < -0.3 is 10.0 Å². The maximum atomic E-state index is 11.3. The number of hydrogen-bond acceptors (Lipinski definition) is 3. The second-order valence-electron chi connectivity index (χ2n) is 4.19. The molecule has 0 bridgehead atoms. The lowest BCUT2D eigenvalue weighted by atomic mass is 10.1. The van der Waals surface area contributed by atoms with Crippen LogP contribution < -0.4 is 4.90 Å². The molecule has 0 saturated heterocycles. The number of rotatable bonds is 3. The minimum absolute atomic E-state index is 0.207. The van der Waals surface area contributed by atoms with Crippen LogP contribution in [0.25, 0.3) is 0 Å². The summed E-state index contributed by atoms with van der Waals surface area (Å²) >= 11 is 3.34. The summed E-state index contributed by atoms with van der Waals surface area (Å²) in [6.45, 7) is 0. The number of carbonyl (C=O) groups is 1. The molecule has 0 fully saturated rings. The number of halogens is 1. The zero-order chi connectivity index (χ0) is 14.7. The predicted molar refractivity (Wildman–Crippen MR) is 80.3 cm³/mol. The summed E-state index contributed by atoms with van der Waals surface area (Å²) in [6, 6.07) is 14.1. The number of anilines is 2. The van der Waals surface area contributed by atoms with E-state index in [4.69, 9.17) is 5.26 Å². The van der Waals surface area contributed by atoms with Crippen molar-refractivity contribution in [3.05, 3.63) is 58.1 Å². The Bertz CT molecular complexity index is 707. The molecule has 0 aliphatic heterocycles. The van der Waals surface area contributed by atoms with Gasteiger partial charge >= 0.3 is 5.97 Å². The third-order valence-electron chi connectivity index (χ3n) is 2.91. The van der Waals surface area contributed by atoms with Crippen molar-refractivity contribution in [2.75, 3.05) is 11.9 Å². The van der Waals surface area contributed by atoms with Gasteiger partial charge in [0.1, 0.15) is 0 Å². The van der Waals surface area contributed by atoms with Crippen molar-refractivity contribution >= 4 is 33.3 Å². The van der Waals surface area contributed by atoms with Crippen LogP contribution in [0.4, 0.5) is 11.4 Å². The average molecular weight is 331 g/mol. The Morgan fingerprint density at radius 3 is 2.70 bits per heavy atom. The van der Waals surface area contributed by atoms with E-state index < -0.39 is 5.97 Å². The van der Waals surface area contributed by atoms with Crippen LogP contribution in [0.2, 0.25) is 0 Å². The number of carboxylic acids is 1. The molecule has 100 valence electrons. The Labute approximate surface area is 125 Å². The fraction of sp³-hybridized carbons (Fsp3) is 0.0667. The molecule has 0 spiro atoms. The van der Waals surface area contributed by atoms with E-state index in [1.807, 2.05) is 6.07 Å². The monoisotopic (exact) mass is 330 g/mol. The maximum absolute atomic E-state index is 11.3. The highest BCUT2D eigenvalue weighted by Gasteiger charge is 2.15. The molecule has 0 aromatic heterocycles. The van der Waals surface area contributed by atoms with Crippen LogP contribution in [0.15, 0.2) is 46.9 Å². The number of benzene rings is 2. The van der Waals surface area contributed by atoms with E-state index in [0.29, 0.717) is 11.3 Å². The first-order valence-corrected chi connectivity index (χ1v) is 6.59. The van der Waals surface area contributed by atoms with Gasteiger partial charge in [-0.05, 0) is 36.4 Å². The van der Waals surface area contributed by atoms with Gasteiger partial charge in [0.15, 0.2) is 0 Å². The van der Waals surface area contributed by atoms with E-state index in [9.17, 15) is 9.90 Å². The fourth-order valence-corrected chi connectivity index (χ4v) is 2.24. The summed E-state index contributed by atoms with van der Waals surface area (Å²) in [5.74, 6) is -0.990. The first kappa shape index (κ1) is 14.1. The number of aromatic carboxylic acids is 1. The zero-order valence-corrected chi connectivity index (χ0v) is 12.3. The quantitative estimate of drug-likeness (QED) is 0.929. The average Bonchev–Trinajstić information content (AvgIpc) is 2.46. The van der Waals surface area contributed by atoms with Crippen LogP contribution in [0.5, 0.6) is 0 Å². The molecule has 1 N–H and O–H groups in total. The molecule has 0 unspecified atom stereocenters. The first-order chi connectivity index (χ1) is 9.52. The van der Waals surface area contributed by atoms with Crippen LogP contribution >= 0.6 is 15.9 Å². The molecule has 0 heterocycles. The predicted octanol–water partition coefficient (Wildman–Crippen LogP) is 3.79. The molecule has 2 aromatic rings. The summed E-state index contributed by atoms with van der Waals surface area (Å²) in [7, 11) is 1.77. The van der Waals surface area contributed by atoms with Crippen molar-refractivity contribution in [1.82, 2.24) is 0 Å². The van der Waals surface area contributed by atoms with Crippen molar-refractivity contribution < 1.29 is 9.90 Å². The van der Waals surface area contributed by atoms with Gasteiger partial charge in [-0.2, -0.15) is 5.26 Å². The van der Waals surface area contributed by atoms with E-state index >= 15 is 0 Å². The van der Waals surface area contributed by atoms with Gasteiger partial charge in [-0.15, -0.1) is 0 Å². The molecule has 4 nitrogen and oxygen atoms in total. The Balaban J connectivity index is 2.52. The van der Waals surface area contributed by atoms with Crippen molar-refractivity contribution in [3.63, 3.8) is 0 Å². The largest absolute Gasteiger partial charge is 0.478 e. The van der Waals surface area contributed by atoms with Gasteiger partial charge in [0.2, 0.25) is 0 Å². The van der Waals surface area contributed by atoms with Crippen LogP contribution in [-0.4, -0.2) is 18.1 Å². The third-order valence-corrected chi connectivity index (χ3v) is 3.41. The minimum atomic E-state index is -0.990. The minimum Gasteiger partial charge on any atom is -0.478 e. The van der Waals surface area contributed by atoms with Crippen molar-refractivity contribution in [1.29, 1.82) is 5.26 Å². The first-order valence-electron chi connectivity index (χ1n) is 5.79. The summed E-state index contributed by atoms with van der Waals surface area (Å²) in [4.78, 5) is 13.0. The fourth-order valence-electron chi connectivity index (χ4n) is 1.89. The lowest BCUT2D eigenvalue weighted by Gasteiger charge is -2.21. The highest BCUT2D eigenvalue weighted by molar-refractivity contribution is 9.10. The van der Waals surface area contributed by atoms with Gasteiger partial charge in [-0.25, -0.2) is 4.79 Å². The van der Waals surface area contributed by atoms with E-state index in [-0.39, 0.29) is 5.56 Å². The smallest absolute Gasteiger partial charge is 0.337 e. The summed E-state index contributed by atoms with van der Waals surface area (Å²) in [5.41, 5.74) is 2.05. The zero-order valence-electron chi connectivity index (χ0n) is 10.7. The summed E-state index contributed by atoms with van der Waals surface area (Å²) in [5, 5.41) is 18.2. The highest BCUT2D eigenvalue weighted by atomic mass is 79.9. The van der Waals surface area contributed by atoms with Crippen LogP contribution in [0.1, 0.15) is 15.9 Å². The highest BCUT2D eigenvalue weighted by Crippen LogP contribution is 2.30. The molecule has 0 atom stereocenters. The van der Waals surface area contributed by atoms with Crippen LogP contribution in [0, 0.1) is 11.3 Å². The summed E-state index contributed by atoms with van der Waals surface area (Å²) < 4.78 is 0.792. The molecule has 5 heteroatoms. The van der Waals surface area contributed by atoms with Gasteiger partial charge in [-0.3, -0.25) is 0 Å². The Hall–Kier alpha value is -2.32. The molecule has 0 saturated carbocycles. The lowest BCUT2D eigenvalue weighted by Crippen LogP contribution is -2.14. The Morgan fingerprint density at radius 2 is 2.05 bits per heavy atom. The molecule has 0 aliphatic carbocycles. The van der Waals surface area contributed by atoms with Gasteiger partial charge in [0.25, 0.3) is 0 Å². The molecule has 0 amide bonds. The van der Waals surface area contributed by atoms with Crippen LogP contribution in [0.3, 0.4) is 0 Å². The topological polar surface area (TPSA) is 64.3 Å². The third kappa shape index (κ3) is 2.81. The van der Waals surface area contributed by atoms with E-state index in [1.54, 1.807) is 48.3 Å². The summed E-state index contributed by atoms with van der Waals surface area (Å²) in [6.07, 6.45) is 0. The number of carboxylic acid groups (broad SMARTS) is 1. The van der Waals surface area contributed by atoms with Crippen molar-refractivity contribution in [2.45, 2.75) is 0 Å². The molecule has 2 aromatic carbocycles.